The third-order valence-electron chi connectivity index (χ3n) is 2.89. The van der Waals surface area contributed by atoms with Crippen LogP contribution in [0.1, 0.15) is 43.7 Å². The highest BCUT2D eigenvalue weighted by atomic mass is 16.6. The van der Waals surface area contributed by atoms with Crippen LogP contribution in [0.25, 0.3) is 0 Å². The molecule has 16 heavy (non-hydrogen) atoms. The standard InChI is InChI=1S/C14H19NO/c1-11(2)14-7-5-12(6-8-14)9-15-16-10-13-3-4-13/h5-9,11,13H,3-4,10H2,1-2H3/b15-9+. The Kier molecular flexibility index (Phi) is 3.60. The maximum Gasteiger partial charge on any atom is 0.120 e. The molecule has 1 fully saturated rings. The lowest BCUT2D eigenvalue weighted by Crippen LogP contribution is -1.91. The van der Waals surface area contributed by atoms with E-state index in [-0.39, 0.29) is 0 Å². The van der Waals surface area contributed by atoms with E-state index in [1.165, 1.54) is 18.4 Å². The van der Waals surface area contributed by atoms with E-state index in [2.05, 4.69) is 43.3 Å². The molecule has 0 N–H and O–H groups in total. The van der Waals surface area contributed by atoms with Crippen molar-refractivity contribution in [3.63, 3.8) is 0 Å². The van der Waals surface area contributed by atoms with Crippen LogP contribution in [-0.4, -0.2) is 12.8 Å². The Balaban J connectivity index is 1.83. The first kappa shape index (κ1) is 11.2. The van der Waals surface area contributed by atoms with Crippen molar-refractivity contribution in [2.24, 2.45) is 11.1 Å². The summed E-state index contributed by atoms with van der Waals surface area (Å²) in [5, 5.41) is 3.97. The smallest absolute Gasteiger partial charge is 0.120 e. The summed E-state index contributed by atoms with van der Waals surface area (Å²) in [6.07, 6.45) is 4.39. The summed E-state index contributed by atoms with van der Waals surface area (Å²) in [5.74, 6) is 1.34. The summed E-state index contributed by atoms with van der Waals surface area (Å²) in [5.41, 5.74) is 2.45. The predicted molar refractivity (Wildman–Crippen MR) is 66.8 cm³/mol. The summed E-state index contributed by atoms with van der Waals surface area (Å²) in [6, 6.07) is 8.46. The summed E-state index contributed by atoms with van der Waals surface area (Å²) in [4.78, 5) is 5.21. The van der Waals surface area contributed by atoms with Gasteiger partial charge in [0.2, 0.25) is 0 Å². The van der Waals surface area contributed by atoms with Crippen molar-refractivity contribution in [3.05, 3.63) is 35.4 Å². The van der Waals surface area contributed by atoms with Gasteiger partial charge in [0.05, 0.1) is 6.21 Å². The van der Waals surface area contributed by atoms with Gasteiger partial charge < -0.3 is 4.84 Å². The van der Waals surface area contributed by atoms with E-state index in [0.29, 0.717) is 5.92 Å². The van der Waals surface area contributed by atoms with Crippen molar-refractivity contribution < 1.29 is 4.84 Å². The van der Waals surface area contributed by atoms with Gasteiger partial charge in [-0.15, -0.1) is 0 Å². The monoisotopic (exact) mass is 217 g/mol. The molecule has 0 saturated heterocycles. The van der Waals surface area contributed by atoms with Crippen molar-refractivity contribution >= 4 is 6.21 Å². The molecule has 1 aliphatic carbocycles. The van der Waals surface area contributed by atoms with Crippen LogP contribution in [-0.2, 0) is 4.84 Å². The fraction of sp³-hybridized carbons (Fsp3) is 0.500. The molecule has 0 atom stereocenters. The molecule has 0 amide bonds. The highest BCUT2D eigenvalue weighted by Gasteiger charge is 2.21. The highest BCUT2D eigenvalue weighted by molar-refractivity contribution is 5.79. The number of benzene rings is 1. The number of nitrogens with zero attached hydrogens (tertiary/aromatic N) is 1. The van der Waals surface area contributed by atoms with Crippen LogP contribution >= 0.6 is 0 Å². The van der Waals surface area contributed by atoms with E-state index in [1.807, 2.05) is 0 Å². The summed E-state index contributed by atoms with van der Waals surface area (Å²) in [6.45, 7) is 5.17. The van der Waals surface area contributed by atoms with Gasteiger partial charge in [-0.1, -0.05) is 43.3 Å². The first-order valence-electron chi connectivity index (χ1n) is 6.01. The summed E-state index contributed by atoms with van der Waals surface area (Å²) >= 11 is 0. The zero-order chi connectivity index (χ0) is 11.4. The van der Waals surface area contributed by atoms with Gasteiger partial charge in [0, 0.05) is 0 Å². The van der Waals surface area contributed by atoms with E-state index in [9.17, 15) is 0 Å². The average molecular weight is 217 g/mol. The fourth-order valence-corrected chi connectivity index (χ4v) is 1.50. The molecule has 0 heterocycles. The topological polar surface area (TPSA) is 21.6 Å². The Morgan fingerprint density at radius 3 is 2.56 bits per heavy atom. The Labute approximate surface area is 97.3 Å². The molecule has 0 spiro atoms. The van der Waals surface area contributed by atoms with Gasteiger partial charge in [0.1, 0.15) is 6.61 Å². The molecule has 2 heteroatoms. The average Bonchev–Trinajstić information content (AvgIpc) is 3.09. The van der Waals surface area contributed by atoms with Crippen LogP contribution in [0.5, 0.6) is 0 Å². The molecule has 2 rings (SSSR count). The molecular formula is C14H19NO. The Morgan fingerprint density at radius 1 is 1.31 bits per heavy atom. The lowest BCUT2D eigenvalue weighted by atomic mass is 10.0. The Bertz CT molecular complexity index is 350. The number of rotatable bonds is 5. The van der Waals surface area contributed by atoms with Crippen LogP contribution in [0.15, 0.2) is 29.4 Å². The van der Waals surface area contributed by atoms with Gasteiger partial charge >= 0.3 is 0 Å². The number of hydrogen-bond donors (Lipinski definition) is 0. The molecule has 2 nitrogen and oxygen atoms in total. The lowest BCUT2D eigenvalue weighted by molar-refractivity contribution is 0.135. The van der Waals surface area contributed by atoms with E-state index >= 15 is 0 Å². The van der Waals surface area contributed by atoms with E-state index in [0.717, 1.165) is 18.1 Å². The zero-order valence-corrected chi connectivity index (χ0v) is 10.0. The van der Waals surface area contributed by atoms with Crippen molar-refractivity contribution in [2.75, 3.05) is 6.61 Å². The van der Waals surface area contributed by atoms with Gasteiger partial charge in [-0.2, -0.15) is 0 Å². The number of hydrogen-bond acceptors (Lipinski definition) is 2. The minimum atomic E-state index is 0.581. The van der Waals surface area contributed by atoms with Crippen LogP contribution in [0, 0.1) is 5.92 Å². The minimum absolute atomic E-state index is 0.581. The van der Waals surface area contributed by atoms with Crippen LogP contribution < -0.4 is 0 Å². The minimum Gasteiger partial charge on any atom is -0.396 e. The molecule has 1 aliphatic rings. The van der Waals surface area contributed by atoms with Crippen molar-refractivity contribution in [2.45, 2.75) is 32.6 Å². The Hall–Kier alpha value is -1.31. The molecule has 1 saturated carbocycles. The van der Waals surface area contributed by atoms with Gasteiger partial charge in [-0.3, -0.25) is 0 Å². The maximum atomic E-state index is 5.21. The molecule has 1 aromatic rings. The molecule has 0 bridgehead atoms. The molecular weight excluding hydrogens is 198 g/mol. The largest absolute Gasteiger partial charge is 0.396 e. The second kappa shape index (κ2) is 5.15. The molecule has 0 aliphatic heterocycles. The first-order chi connectivity index (χ1) is 7.75. The quantitative estimate of drug-likeness (QED) is 0.545. The molecule has 86 valence electrons. The van der Waals surface area contributed by atoms with Crippen molar-refractivity contribution in [1.29, 1.82) is 0 Å². The molecule has 0 unspecified atom stereocenters. The van der Waals surface area contributed by atoms with Crippen LogP contribution in [0.2, 0.25) is 0 Å². The van der Waals surface area contributed by atoms with Gasteiger partial charge in [0.15, 0.2) is 0 Å². The summed E-state index contributed by atoms with van der Waals surface area (Å²) in [7, 11) is 0. The summed E-state index contributed by atoms with van der Waals surface area (Å²) < 4.78 is 0. The second-order valence-corrected chi connectivity index (χ2v) is 4.80. The SMILES string of the molecule is CC(C)c1ccc(/C=N/OCC2CC2)cc1. The molecule has 1 aromatic carbocycles. The lowest BCUT2D eigenvalue weighted by Gasteiger charge is -2.04. The zero-order valence-electron chi connectivity index (χ0n) is 10.0. The predicted octanol–water partition coefficient (Wildman–Crippen LogP) is 3.57. The second-order valence-electron chi connectivity index (χ2n) is 4.80. The third-order valence-corrected chi connectivity index (χ3v) is 2.89. The van der Waals surface area contributed by atoms with Crippen molar-refractivity contribution in [1.82, 2.24) is 0 Å². The highest BCUT2D eigenvalue weighted by Crippen LogP contribution is 2.28. The van der Waals surface area contributed by atoms with Crippen LogP contribution in [0.4, 0.5) is 0 Å². The fourth-order valence-electron chi connectivity index (χ4n) is 1.50. The maximum absolute atomic E-state index is 5.21. The third kappa shape index (κ3) is 3.37. The van der Waals surface area contributed by atoms with Crippen LogP contribution in [0.3, 0.4) is 0 Å². The van der Waals surface area contributed by atoms with E-state index in [4.69, 9.17) is 4.84 Å². The molecule has 0 radical (unpaired) electrons. The normalized spacial score (nSPS) is 15.9. The van der Waals surface area contributed by atoms with E-state index in [1.54, 1.807) is 6.21 Å². The first-order valence-corrected chi connectivity index (χ1v) is 6.01. The number of oxime groups is 1. The van der Waals surface area contributed by atoms with Gasteiger partial charge in [-0.05, 0) is 35.8 Å². The Morgan fingerprint density at radius 2 is 2.00 bits per heavy atom. The van der Waals surface area contributed by atoms with E-state index < -0.39 is 0 Å². The van der Waals surface area contributed by atoms with Gasteiger partial charge in [0.25, 0.3) is 0 Å². The molecule has 0 aromatic heterocycles. The van der Waals surface area contributed by atoms with Crippen molar-refractivity contribution in [3.8, 4) is 0 Å². The van der Waals surface area contributed by atoms with Gasteiger partial charge in [-0.25, -0.2) is 0 Å².